The van der Waals surface area contributed by atoms with Crippen LogP contribution in [0.4, 0.5) is 0 Å². The number of carbonyl (C=O) groups is 2. The Balaban J connectivity index is 3.06. The summed E-state index contributed by atoms with van der Waals surface area (Å²) in [6.45, 7) is 16.2. The minimum Gasteiger partial charge on any atom is -0.364 e. The first kappa shape index (κ1) is 15.2. The topological polar surface area (TPSA) is 37.4 Å². The first-order valence-electron chi connectivity index (χ1n) is 6.50. The van der Waals surface area contributed by atoms with Crippen LogP contribution in [0.1, 0.15) is 34.1 Å². The van der Waals surface area contributed by atoms with E-state index in [4.69, 9.17) is 0 Å². The van der Waals surface area contributed by atoms with E-state index in [1.807, 2.05) is 10.6 Å². The minimum absolute atomic E-state index is 0.0122. The molecule has 0 bridgehead atoms. The molecule has 0 radical (unpaired) electrons. The van der Waals surface area contributed by atoms with Crippen LogP contribution in [0.2, 0.25) is 18.1 Å². The molecular formula is C14H25NO2Si. The van der Waals surface area contributed by atoms with Crippen molar-refractivity contribution in [1.82, 2.24) is 4.57 Å². The molecular weight excluding hydrogens is 242 g/mol. The van der Waals surface area contributed by atoms with Crippen molar-refractivity contribution >= 4 is 19.9 Å². The molecule has 1 aliphatic rings. The number of carbonyl (C=O) groups excluding carboxylic acids is 2. The zero-order chi connectivity index (χ0) is 14.3. The zero-order valence-electron chi connectivity index (χ0n) is 12.4. The van der Waals surface area contributed by atoms with E-state index in [0.717, 1.165) is 0 Å². The van der Waals surface area contributed by atoms with Crippen LogP contribution in [0.3, 0.4) is 0 Å². The van der Waals surface area contributed by atoms with Crippen molar-refractivity contribution in [3.05, 3.63) is 12.7 Å². The maximum absolute atomic E-state index is 12.3. The number of ketones is 1. The third-order valence-electron chi connectivity index (χ3n) is 4.50. The summed E-state index contributed by atoms with van der Waals surface area (Å²) in [4.78, 5) is 23.9. The number of hydrogen-bond acceptors (Lipinski definition) is 2. The van der Waals surface area contributed by atoms with Crippen molar-refractivity contribution in [3.63, 3.8) is 0 Å². The van der Waals surface area contributed by atoms with Gasteiger partial charge in [-0.25, -0.2) is 0 Å². The van der Waals surface area contributed by atoms with Gasteiger partial charge in [-0.05, 0) is 18.4 Å². The summed E-state index contributed by atoms with van der Waals surface area (Å²) in [5, 5.41) is 0.101. The summed E-state index contributed by atoms with van der Waals surface area (Å²) < 4.78 is 2.01. The van der Waals surface area contributed by atoms with E-state index >= 15 is 0 Å². The molecule has 1 heterocycles. The molecule has 0 saturated carbocycles. The predicted octanol–water partition coefficient (Wildman–Crippen LogP) is 2.98. The second-order valence-electron chi connectivity index (χ2n) is 6.70. The van der Waals surface area contributed by atoms with E-state index in [1.54, 1.807) is 0 Å². The number of hydrogen-bond donors (Lipinski definition) is 0. The van der Waals surface area contributed by atoms with Gasteiger partial charge in [0, 0.05) is 6.04 Å². The quantitative estimate of drug-likeness (QED) is 0.340. The van der Waals surface area contributed by atoms with Crippen LogP contribution in [0.25, 0.3) is 0 Å². The van der Waals surface area contributed by atoms with Gasteiger partial charge in [0.25, 0.3) is 0 Å². The highest BCUT2D eigenvalue weighted by molar-refractivity contribution is 6.80. The van der Waals surface area contributed by atoms with Gasteiger partial charge in [-0.1, -0.05) is 39.9 Å². The van der Waals surface area contributed by atoms with Gasteiger partial charge in [0.1, 0.15) is 11.7 Å². The Labute approximate surface area is 111 Å². The first-order chi connectivity index (χ1) is 8.05. The molecule has 0 spiro atoms. The molecule has 1 aliphatic heterocycles. The van der Waals surface area contributed by atoms with Gasteiger partial charge in [0.2, 0.25) is 5.91 Å². The largest absolute Gasteiger partial charge is 0.364 e. The van der Waals surface area contributed by atoms with Crippen molar-refractivity contribution in [2.45, 2.75) is 58.3 Å². The fraction of sp³-hybridized carbons (Fsp3) is 0.714. The molecule has 0 aromatic rings. The molecule has 4 heteroatoms. The number of amides is 1. The lowest BCUT2D eigenvalue weighted by Crippen LogP contribution is -2.73. The van der Waals surface area contributed by atoms with E-state index in [-0.39, 0.29) is 22.8 Å². The number of rotatable bonds is 4. The second kappa shape index (κ2) is 4.65. The molecule has 18 heavy (non-hydrogen) atoms. The first-order valence-corrected chi connectivity index (χ1v) is 9.45. The number of Topliss-reactive ketones (excluding diaryl/α,β-unsaturated/α-hetero) is 1. The summed E-state index contributed by atoms with van der Waals surface area (Å²) in [6, 6.07) is 0.0355. The summed E-state index contributed by atoms with van der Waals surface area (Å²) >= 11 is 0. The smallest absolute Gasteiger partial charge is 0.227 e. The van der Waals surface area contributed by atoms with Gasteiger partial charge >= 0.3 is 0 Å². The molecule has 1 rings (SSSR count). The number of nitrogens with zero attached hydrogens (tertiary/aromatic N) is 1. The van der Waals surface area contributed by atoms with Gasteiger partial charge in [0.15, 0.2) is 8.24 Å². The lowest BCUT2D eigenvalue weighted by molar-refractivity contribution is -0.153. The maximum atomic E-state index is 12.3. The summed E-state index contributed by atoms with van der Waals surface area (Å²) in [5.74, 6) is -0.417. The highest BCUT2D eigenvalue weighted by Gasteiger charge is 2.57. The lowest BCUT2D eigenvalue weighted by atomic mass is 9.85. The highest BCUT2D eigenvalue weighted by Crippen LogP contribution is 2.45. The zero-order valence-corrected chi connectivity index (χ0v) is 13.4. The van der Waals surface area contributed by atoms with Crippen LogP contribution in [0.5, 0.6) is 0 Å². The Hall–Kier alpha value is -0.903. The molecule has 1 saturated heterocycles. The molecule has 1 fully saturated rings. The molecule has 0 aliphatic carbocycles. The normalized spacial score (nSPS) is 24.8. The van der Waals surface area contributed by atoms with Gasteiger partial charge in [-0.3, -0.25) is 9.59 Å². The van der Waals surface area contributed by atoms with Gasteiger partial charge in [-0.2, -0.15) is 0 Å². The molecule has 0 aromatic carbocycles. The highest BCUT2D eigenvalue weighted by atomic mass is 28.3. The van der Waals surface area contributed by atoms with E-state index in [2.05, 4.69) is 40.4 Å². The van der Waals surface area contributed by atoms with E-state index < -0.39 is 14.2 Å². The third-order valence-corrected chi connectivity index (χ3v) is 9.93. The number of β-lactam (4-membered cyclic amide) rings is 1. The van der Waals surface area contributed by atoms with Crippen LogP contribution in [0.15, 0.2) is 12.7 Å². The van der Waals surface area contributed by atoms with Crippen molar-refractivity contribution in [2.24, 2.45) is 5.92 Å². The Kier molecular flexibility index (Phi) is 3.91. The fourth-order valence-corrected chi connectivity index (χ4v) is 4.95. The molecule has 3 nitrogen and oxygen atoms in total. The standard InChI is InChI=1S/C14H25NO2Si/c1-8-9-11-12(10(2)16)13(17)15(11)18(6,7)14(3,4)5/h8,11-12H,1,9H2,2-7H3. The van der Waals surface area contributed by atoms with Gasteiger partial charge < -0.3 is 4.57 Å². The maximum Gasteiger partial charge on any atom is 0.227 e. The minimum atomic E-state index is -1.89. The van der Waals surface area contributed by atoms with E-state index in [1.165, 1.54) is 6.92 Å². The SMILES string of the molecule is C=CCC1C(C(C)=O)C(=O)N1[Si](C)(C)C(C)(C)C. The van der Waals surface area contributed by atoms with Crippen molar-refractivity contribution in [1.29, 1.82) is 0 Å². The van der Waals surface area contributed by atoms with Crippen molar-refractivity contribution < 1.29 is 9.59 Å². The van der Waals surface area contributed by atoms with Crippen LogP contribution in [0, 0.1) is 5.92 Å². The van der Waals surface area contributed by atoms with Crippen LogP contribution >= 0.6 is 0 Å². The van der Waals surface area contributed by atoms with Crippen LogP contribution < -0.4 is 0 Å². The summed E-state index contributed by atoms with van der Waals surface area (Å²) in [5.41, 5.74) is 0. The average Bonchev–Trinajstić information content (AvgIpc) is 2.13. The van der Waals surface area contributed by atoms with Crippen LogP contribution in [-0.4, -0.2) is 30.5 Å². The van der Waals surface area contributed by atoms with Gasteiger partial charge in [0.05, 0.1) is 0 Å². The predicted molar refractivity (Wildman–Crippen MR) is 76.8 cm³/mol. The Morgan fingerprint density at radius 1 is 1.44 bits per heavy atom. The average molecular weight is 267 g/mol. The van der Waals surface area contributed by atoms with Crippen molar-refractivity contribution in [3.8, 4) is 0 Å². The third kappa shape index (κ3) is 2.18. The Morgan fingerprint density at radius 3 is 2.28 bits per heavy atom. The summed E-state index contributed by atoms with van der Waals surface area (Å²) in [7, 11) is -1.89. The fourth-order valence-electron chi connectivity index (χ4n) is 2.45. The Bertz CT molecular complexity index is 382. The molecule has 1 amide bonds. The van der Waals surface area contributed by atoms with E-state index in [0.29, 0.717) is 6.42 Å². The lowest BCUT2D eigenvalue weighted by Gasteiger charge is -2.57. The molecule has 2 unspecified atom stereocenters. The molecule has 0 N–H and O–H groups in total. The molecule has 0 aromatic heterocycles. The summed E-state index contributed by atoms with van der Waals surface area (Å²) in [6.07, 6.45) is 2.52. The monoisotopic (exact) mass is 267 g/mol. The van der Waals surface area contributed by atoms with E-state index in [9.17, 15) is 9.59 Å². The Morgan fingerprint density at radius 2 is 1.94 bits per heavy atom. The molecule has 102 valence electrons. The second-order valence-corrected chi connectivity index (χ2v) is 11.8. The van der Waals surface area contributed by atoms with Crippen molar-refractivity contribution in [2.75, 3.05) is 0 Å². The van der Waals surface area contributed by atoms with Gasteiger partial charge in [-0.15, -0.1) is 6.58 Å². The molecule has 2 atom stereocenters. The van der Waals surface area contributed by atoms with Crippen LogP contribution in [-0.2, 0) is 9.59 Å².